The van der Waals surface area contributed by atoms with Crippen LogP contribution in [0.3, 0.4) is 0 Å². The van der Waals surface area contributed by atoms with Crippen LogP contribution in [0.5, 0.6) is 5.75 Å². The summed E-state index contributed by atoms with van der Waals surface area (Å²) in [4.78, 5) is 27.1. The van der Waals surface area contributed by atoms with E-state index in [9.17, 15) is 9.59 Å². The smallest absolute Gasteiger partial charge is 0.245 e. The average molecular weight is 374 g/mol. The molecule has 2 rings (SSSR count). The first kappa shape index (κ1) is 21.0. The van der Waals surface area contributed by atoms with Gasteiger partial charge in [-0.05, 0) is 42.5 Å². The number of allylic oxidation sites excluding steroid dienone is 1. The van der Waals surface area contributed by atoms with Crippen LogP contribution in [0.15, 0.2) is 30.3 Å². The highest BCUT2D eigenvalue weighted by atomic mass is 16.5. The van der Waals surface area contributed by atoms with Gasteiger partial charge in [-0.15, -0.1) is 0 Å². The highest BCUT2D eigenvalue weighted by molar-refractivity contribution is 5.97. The Kier molecular flexibility index (Phi) is 7.85. The minimum atomic E-state index is -0.518. The highest BCUT2D eigenvalue weighted by Crippen LogP contribution is 2.18. The van der Waals surface area contributed by atoms with Gasteiger partial charge in [-0.2, -0.15) is 0 Å². The Balaban J connectivity index is 2.05. The molecule has 1 saturated heterocycles. The van der Waals surface area contributed by atoms with Crippen LogP contribution < -0.4 is 10.1 Å². The molecule has 1 fully saturated rings. The zero-order valence-corrected chi connectivity index (χ0v) is 16.7. The Morgan fingerprint density at radius 3 is 2.41 bits per heavy atom. The van der Waals surface area contributed by atoms with E-state index in [2.05, 4.69) is 5.32 Å². The van der Waals surface area contributed by atoms with E-state index < -0.39 is 6.04 Å². The number of methoxy groups -OCH3 is 1. The molecule has 0 spiro atoms. The van der Waals surface area contributed by atoms with Gasteiger partial charge < -0.3 is 19.7 Å². The second-order valence-electron chi connectivity index (χ2n) is 7.18. The van der Waals surface area contributed by atoms with Gasteiger partial charge in [0.2, 0.25) is 11.8 Å². The molecule has 0 bridgehead atoms. The number of hydrogen-bond acceptors (Lipinski definition) is 4. The van der Waals surface area contributed by atoms with E-state index in [4.69, 9.17) is 9.47 Å². The zero-order chi connectivity index (χ0) is 19.8. The number of rotatable bonds is 7. The lowest BCUT2D eigenvalue weighted by molar-refractivity contribution is -0.139. The van der Waals surface area contributed by atoms with Gasteiger partial charge in [-0.1, -0.05) is 26.0 Å². The minimum absolute atomic E-state index is 0.0316. The van der Waals surface area contributed by atoms with E-state index in [1.54, 1.807) is 18.1 Å². The maximum absolute atomic E-state index is 12.8. The van der Waals surface area contributed by atoms with Crippen LogP contribution in [0.2, 0.25) is 0 Å². The van der Waals surface area contributed by atoms with E-state index in [0.29, 0.717) is 38.6 Å². The number of ether oxygens (including phenoxy) is 2. The van der Waals surface area contributed by atoms with Crippen molar-refractivity contribution in [3.05, 3.63) is 35.9 Å². The van der Waals surface area contributed by atoms with Crippen LogP contribution in [0.4, 0.5) is 0 Å². The maximum Gasteiger partial charge on any atom is 0.245 e. The molecule has 1 aliphatic heterocycles. The molecule has 1 atom stereocenters. The van der Waals surface area contributed by atoms with Crippen LogP contribution in [0, 0.1) is 5.92 Å². The SMILES string of the molecule is COc1ccc(/C(C)=C/C(=O)N[C@@H](CC(C)C)C(=O)N2CCOCC2)cc1. The van der Waals surface area contributed by atoms with Gasteiger partial charge in [-0.25, -0.2) is 0 Å². The Hall–Kier alpha value is -2.34. The van der Waals surface area contributed by atoms with Crippen LogP contribution in [0.25, 0.3) is 5.57 Å². The fourth-order valence-corrected chi connectivity index (χ4v) is 3.04. The normalized spacial score (nSPS) is 16.2. The van der Waals surface area contributed by atoms with Crippen molar-refractivity contribution in [3.8, 4) is 5.75 Å². The van der Waals surface area contributed by atoms with Gasteiger partial charge in [0.05, 0.1) is 20.3 Å². The predicted octanol–water partition coefficient (Wildman–Crippen LogP) is 2.49. The lowest BCUT2D eigenvalue weighted by atomic mass is 10.0. The van der Waals surface area contributed by atoms with Gasteiger partial charge >= 0.3 is 0 Å². The molecule has 0 unspecified atom stereocenters. The van der Waals surface area contributed by atoms with Gasteiger partial charge in [-0.3, -0.25) is 9.59 Å². The van der Waals surface area contributed by atoms with E-state index >= 15 is 0 Å². The number of carbonyl (C=O) groups is 2. The molecule has 0 radical (unpaired) electrons. The number of nitrogens with one attached hydrogen (secondary N) is 1. The van der Waals surface area contributed by atoms with Crippen molar-refractivity contribution in [2.45, 2.75) is 33.2 Å². The van der Waals surface area contributed by atoms with Crippen LogP contribution >= 0.6 is 0 Å². The Labute approximate surface area is 161 Å². The predicted molar refractivity (Wildman–Crippen MR) is 105 cm³/mol. The second-order valence-corrected chi connectivity index (χ2v) is 7.18. The van der Waals surface area contributed by atoms with Crippen LogP contribution in [-0.4, -0.2) is 56.2 Å². The first-order valence-electron chi connectivity index (χ1n) is 9.40. The number of benzene rings is 1. The monoisotopic (exact) mass is 374 g/mol. The molecule has 0 saturated carbocycles. The summed E-state index contributed by atoms with van der Waals surface area (Å²) in [5, 5.41) is 2.90. The van der Waals surface area contributed by atoms with Gasteiger partial charge in [0.15, 0.2) is 0 Å². The lowest BCUT2D eigenvalue weighted by Gasteiger charge is -2.31. The molecule has 1 aliphatic rings. The molecule has 148 valence electrons. The third-order valence-corrected chi connectivity index (χ3v) is 4.54. The van der Waals surface area contributed by atoms with E-state index in [1.165, 1.54) is 0 Å². The lowest BCUT2D eigenvalue weighted by Crippen LogP contribution is -2.52. The largest absolute Gasteiger partial charge is 0.497 e. The van der Waals surface area contributed by atoms with Crippen molar-refractivity contribution in [3.63, 3.8) is 0 Å². The van der Waals surface area contributed by atoms with Crippen molar-refractivity contribution in [2.75, 3.05) is 33.4 Å². The molecule has 1 N–H and O–H groups in total. The van der Waals surface area contributed by atoms with Crippen molar-refractivity contribution in [1.29, 1.82) is 0 Å². The maximum atomic E-state index is 12.8. The number of hydrogen-bond donors (Lipinski definition) is 1. The van der Waals surface area contributed by atoms with Crippen LogP contribution in [0.1, 0.15) is 32.8 Å². The Morgan fingerprint density at radius 1 is 1.22 bits per heavy atom. The Bertz CT molecular complexity index is 661. The number of morpholine rings is 1. The van der Waals surface area contributed by atoms with Crippen molar-refractivity contribution in [1.82, 2.24) is 10.2 Å². The molecular weight excluding hydrogens is 344 g/mol. The summed E-state index contributed by atoms with van der Waals surface area (Å²) < 4.78 is 10.5. The van der Waals surface area contributed by atoms with Crippen molar-refractivity contribution in [2.24, 2.45) is 5.92 Å². The molecule has 1 aromatic rings. The van der Waals surface area contributed by atoms with Crippen molar-refractivity contribution >= 4 is 17.4 Å². The first-order valence-corrected chi connectivity index (χ1v) is 9.40. The number of amides is 2. The summed E-state index contributed by atoms with van der Waals surface area (Å²) in [6, 6.07) is 7.00. The molecule has 6 nitrogen and oxygen atoms in total. The first-order chi connectivity index (χ1) is 12.9. The molecule has 27 heavy (non-hydrogen) atoms. The summed E-state index contributed by atoms with van der Waals surface area (Å²) in [7, 11) is 1.62. The minimum Gasteiger partial charge on any atom is -0.497 e. The van der Waals surface area contributed by atoms with E-state index in [0.717, 1.165) is 16.9 Å². The Morgan fingerprint density at radius 2 is 1.85 bits per heavy atom. The summed E-state index contributed by atoms with van der Waals surface area (Å²) in [5.74, 6) is 0.780. The molecule has 1 heterocycles. The third-order valence-electron chi connectivity index (χ3n) is 4.54. The number of carbonyl (C=O) groups excluding carboxylic acids is 2. The van der Waals surface area contributed by atoms with Crippen LogP contribution in [-0.2, 0) is 14.3 Å². The van der Waals surface area contributed by atoms with Gasteiger partial charge in [0, 0.05) is 19.2 Å². The van der Waals surface area contributed by atoms with Gasteiger partial charge in [0.25, 0.3) is 0 Å². The molecule has 2 amide bonds. The highest BCUT2D eigenvalue weighted by Gasteiger charge is 2.27. The summed E-state index contributed by atoms with van der Waals surface area (Å²) in [6.45, 7) is 8.21. The number of nitrogens with zero attached hydrogens (tertiary/aromatic N) is 1. The standard InChI is InChI=1S/C21H30N2O4/c1-15(2)13-19(21(25)23-9-11-27-12-10-23)22-20(24)14-16(3)17-5-7-18(26-4)8-6-17/h5-8,14-15,19H,9-13H2,1-4H3,(H,22,24)/b16-14+/t19-/m0/s1. The molecule has 6 heteroatoms. The summed E-state index contributed by atoms with van der Waals surface area (Å²) >= 11 is 0. The molecular formula is C21H30N2O4. The van der Waals surface area contributed by atoms with Gasteiger partial charge in [0.1, 0.15) is 11.8 Å². The molecule has 0 aliphatic carbocycles. The summed E-state index contributed by atoms with van der Waals surface area (Å²) in [5.41, 5.74) is 1.77. The zero-order valence-electron chi connectivity index (χ0n) is 16.7. The van der Waals surface area contributed by atoms with E-state index in [1.807, 2.05) is 45.0 Å². The average Bonchev–Trinajstić information content (AvgIpc) is 2.67. The van der Waals surface area contributed by atoms with E-state index in [-0.39, 0.29) is 11.8 Å². The third kappa shape index (κ3) is 6.40. The summed E-state index contributed by atoms with van der Waals surface area (Å²) in [6.07, 6.45) is 2.15. The quantitative estimate of drug-likeness (QED) is 0.745. The fourth-order valence-electron chi connectivity index (χ4n) is 3.04. The molecule has 0 aromatic heterocycles. The topological polar surface area (TPSA) is 67.9 Å². The second kappa shape index (κ2) is 10.1. The fraction of sp³-hybridized carbons (Fsp3) is 0.524. The van der Waals surface area contributed by atoms with Crippen molar-refractivity contribution < 1.29 is 19.1 Å². The molecule has 1 aromatic carbocycles.